The van der Waals surface area contributed by atoms with E-state index in [1.54, 1.807) is 48.5 Å². The number of amides is 2. The SMILES string of the molecule is COc1ccc(C(=O)N2CC3CC2C(=O)N(CC(=O)O)c2ccccc2O3)cc1. The fourth-order valence-corrected chi connectivity index (χ4v) is 3.80. The molecule has 0 spiro atoms. The fourth-order valence-electron chi connectivity index (χ4n) is 3.80. The zero-order valence-corrected chi connectivity index (χ0v) is 15.8. The number of carboxylic acids is 1. The number of aliphatic carboxylic acids is 1. The third kappa shape index (κ3) is 3.49. The van der Waals surface area contributed by atoms with Crippen molar-refractivity contribution < 1.29 is 29.0 Å². The zero-order valence-electron chi connectivity index (χ0n) is 15.8. The molecule has 0 radical (unpaired) electrons. The molecule has 2 aromatic carbocycles. The Bertz CT molecular complexity index is 958. The fraction of sp³-hybridized carbons (Fsp3) is 0.286. The van der Waals surface area contributed by atoms with Gasteiger partial charge in [-0.1, -0.05) is 12.1 Å². The number of carboxylic acid groups (broad SMARTS) is 1. The maximum atomic E-state index is 13.3. The van der Waals surface area contributed by atoms with E-state index in [0.717, 1.165) is 0 Å². The first-order chi connectivity index (χ1) is 14.0. The molecule has 2 aliphatic heterocycles. The van der Waals surface area contributed by atoms with E-state index in [1.165, 1.54) is 16.9 Å². The van der Waals surface area contributed by atoms with Crippen LogP contribution in [0.2, 0.25) is 0 Å². The molecule has 29 heavy (non-hydrogen) atoms. The number of nitrogens with zero attached hydrogens (tertiary/aromatic N) is 2. The number of anilines is 1. The average Bonchev–Trinajstić information content (AvgIpc) is 3.15. The first kappa shape index (κ1) is 18.8. The van der Waals surface area contributed by atoms with Crippen molar-refractivity contribution in [1.29, 1.82) is 0 Å². The summed E-state index contributed by atoms with van der Waals surface area (Å²) in [4.78, 5) is 40.4. The van der Waals surface area contributed by atoms with Gasteiger partial charge in [-0.25, -0.2) is 0 Å². The van der Waals surface area contributed by atoms with E-state index in [1.807, 2.05) is 0 Å². The van der Waals surface area contributed by atoms with Gasteiger partial charge in [0.1, 0.15) is 30.2 Å². The first-order valence-corrected chi connectivity index (χ1v) is 9.22. The Morgan fingerprint density at radius 1 is 1.17 bits per heavy atom. The number of hydrogen-bond acceptors (Lipinski definition) is 5. The van der Waals surface area contributed by atoms with Gasteiger partial charge in [-0.05, 0) is 36.4 Å². The second-order valence-corrected chi connectivity index (χ2v) is 6.96. The van der Waals surface area contributed by atoms with Crippen LogP contribution in [0.4, 0.5) is 5.69 Å². The molecule has 2 atom stereocenters. The minimum Gasteiger partial charge on any atom is -0.497 e. The van der Waals surface area contributed by atoms with E-state index in [4.69, 9.17) is 9.47 Å². The van der Waals surface area contributed by atoms with Crippen LogP contribution in [0, 0.1) is 0 Å². The molecule has 0 aliphatic carbocycles. The number of hydrogen-bond donors (Lipinski definition) is 1. The van der Waals surface area contributed by atoms with Gasteiger partial charge in [0.05, 0.1) is 19.3 Å². The van der Waals surface area contributed by atoms with E-state index < -0.39 is 24.5 Å². The maximum Gasteiger partial charge on any atom is 0.323 e. The molecule has 4 rings (SSSR count). The molecule has 1 fully saturated rings. The highest BCUT2D eigenvalue weighted by molar-refractivity contribution is 6.05. The molecular weight excluding hydrogens is 376 g/mol. The van der Waals surface area contributed by atoms with E-state index in [2.05, 4.69) is 0 Å². The number of benzene rings is 2. The lowest BCUT2D eigenvalue weighted by Gasteiger charge is -2.30. The van der Waals surface area contributed by atoms with Crippen molar-refractivity contribution >= 4 is 23.5 Å². The van der Waals surface area contributed by atoms with Crippen molar-refractivity contribution in [1.82, 2.24) is 4.90 Å². The minimum atomic E-state index is -1.14. The van der Waals surface area contributed by atoms with E-state index in [-0.39, 0.29) is 18.6 Å². The smallest absolute Gasteiger partial charge is 0.323 e. The molecule has 1 saturated heterocycles. The molecule has 2 aromatic rings. The molecule has 1 N–H and O–H groups in total. The quantitative estimate of drug-likeness (QED) is 0.847. The predicted octanol–water partition coefficient (Wildman–Crippen LogP) is 1.79. The van der Waals surface area contributed by atoms with Gasteiger partial charge in [-0.15, -0.1) is 0 Å². The Morgan fingerprint density at radius 2 is 1.90 bits per heavy atom. The van der Waals surface area contributed by atoms with Crippen molar-refractivity contribution in [2.24, 2.45) is 0 Å². The molecular formula is C21H20N2O6. The van der Waals surface area contributed by atoms with Crippen LogP contribution in [0.25, 0.3) is 0 Å². The van der Waals surface area contributed by atoms with E-state index in [9.17, 15) is 19.5 Å². The number of methoxy groups -OCH3 is 1. The normalized spacial score (nSPS) is 20.4. The highest BCUT2D eigenvalue weighted by Gasteiger charge is 2.45. The first-order valence-electron chi connectivity index (χ1n) is 9.22. The summed E-state index contributed by atoms with van der Waals surface area (Å²) >= 11 is 0. The molecule has 2 heterocycles. The number of rotatable bonds is 4. The number of ether oxygens (including phenoxy) is 2. The molecule has 150 valence electrons. The number of carbonyl (C=O) groups excluding carboxylic acids is 2. The zero-order chi connectivity index (χ0) is 20.5. The van der Waals surface area contributed by atoms with E-state index >= 15 is 0 Å². The maximum absolute atomic E-state index is 13.3. The van der Waals surface area contributed by atoms with Crippen LogP contribution in [0.1, 0.15) is 16.8 Å². The van der Waals surface area contributed by atoms with Gasteiger partial charge in [0.2, 0.25) is 0 Å². The standard InChI is InChI=1S/C21H20N2O6/c1-28-14-8-6-13(7-9-14)20(26)22-11-15-10-17(22)21(27)23(12-19(24)25)16-4-2-3-5-18(16)29-15/h2-9,15,17H,10-12H2,1H3,(H,24,25). The molecule has 2 bridgehead atoms. The number of para-hydroxylation sites is 2. The van der Waals surface area contributed by atoms with Gasteiger partial charge in [-0.3, -0.25) is 19.3 Å². The van der Waals surface area contributed by atoms with E-state index in [0.29, 0.717) is 29.2 Å². The van der Waals surface area contributed by atoms with Crippen LogP contribution >= 0.6 is 0 Å². The third-order valence-corrected chi connectivity index (χ3v) is 5.15. The summed E-state index contributed by atoms with van der Waals surface area (Å²) in [6, 6.07) is 12.7. The summed E-state index contributed by atoms with van der Waals surface area (Å²) in [5.74, 6) is -0.816. The van der Waals surface area contributed by atoms with Gasteiger partial charge < -0.3 is 19.5 Å². The van der Waals surface area contributed by atoms with Crippen LogP contribution < -0.4 is 14.4 Å². The van der Waals surface area contributed by atoms with Crippen LogP contribution in [0.3, 0.4) is 0 Å². The van der Waals surface area contributed by atoms with Crippen LogP contribution in [0.15, 0.2) is 48.5 Å². The van der Waals surface area contributed by atoms with Gasteiger partial charge in [-0.2, -0.15) is 0 Å². The molecule has 8 nitrogen and oxygen atoms in total. The number of likely N-dealkylation sites (tertiary alicyclic amines) is 1. The number of fused-ring (bicyclic) bond motifs is 3. The van der Waals surface area contributed by atoms with Crippen LogP contribution in [-0.2, 0) is 9.59 Å². The molecule has 2 aliphatic rings. The monoisotopic (exact) mass is 396 g/mol. The summed E-state index contributed by atoms with van der Waals surface area (Å²) in [5, 5.41) is 9.32. The van der Waals surface area contributed by atoms with Crippen molar-refractivity contribution in [3.05, 3.63) is 54.1 Å². The second-order valence-electron chi connectivity index (χ2n) is 6.96. The van der Waals surface area contributed by atoms with Crippen LogP contribution in [-0.4, -0.2) is 60.1 Å². The minimum absolute atomic E-state index is 0.247. The Labute approximate surface area is 167 Å². The summed E-state index contributed by atoms with van der Waals surface area (Å²) in [6.45, 7) is -0.262. The van der Waals surface area contributed by atoms with Crippen molar-refractivity contribution in [2.45, 2.75) is 18.6 Å². The third-order valence-electron chi connectivity index (χ3n) is 5.15. The Kier molecular flexibility index (Phi) is 4.84. The average molecular weight is 396 g/mol. The topological polar surface area (TPSA) is 96.4 Å². The largest absolute Gasteiger partial charge is 0.497 e. The molecule has 2 amide bonds. The van der Waals surface area contributed by atoms with Gasteiger partial charge in [0.15, 0.2) is 0 Å². The second kappa shape index (κ2) is 7.46. The molecule has 0 aromatic heterocycles. The summed E-state index contributed by atoms with van der Waals surface area (Å²) < 4.78 is 11.2. The van der Waals surface area contributed by atoms with Crippen molar-refractivity contribution in [3.63, 3.8) is 0 Å². The lowest BCUT2D eigenvalue weighted by Crippen LogP contribution is -2.49. The van der Waals surface area contributed by atoms with Crippen molar-refractivity contribution in [2.75, 3.05) is 25.1 Å². The van der Waals surface area contributed by atoms with Gasteiger partial charge >= 0.3 is 5.97 Å². The molecule has 0 saturated carbocycles. The number of carbonyl (C=O) groups is 3. The van der Waals surface area contributed by atoms with Crippen molar-refractivity contribution in [3.8, 4) is 11.5 Å². The summed E-state index contributed by atoms with van der Waals surface area (Å²) in [7, 11) is 1.54. The van der Waals surface area contributed by atoms with Gasteiger partial charge in [0, 0.05) is 12.0 Å². The molecule has 2 unspecified atom stereocenters. The summed E-state index contributed by atoms with van der Waals surface area (Å²) in [5.41, 5.74) is 0.819. The Balaban J connectivity index is 1.68. The highest BCUT2D eigenvalue weighted by Crippen LogP contribution is 2.36. The molecule has 8 heteroatoms. The Hall–Kier alpha value is -3.55. The van der Waals surface area contributed by atoms with Gasteiger partial charge in [0.25, 0.3) is 11.8 Å². The summed E-state index contributed by atoms with van der Waals surface area (Å²) in [6.07, 6.45) is -0.0372. The lowest BCUT2D eigenvalue weighted by atomic mass is 10.1. The lowest BCUT2D eigenvalue weighted by molar-refractivity contribution is -0.137. The highest BCUT2D eigenvalue weighted by atomic mass is 16.5. The Morgan fingerprint density at radius 3 is 2.59 bits per heavy atom. The van der Waals surface area contributed by atoms with Crippen LogP contribution in [0.5, 0.6) is 11.5 Å². The predicted molar refractivity (Wildman–Crippen MR) is 103 cm³/mol.